The van der Waals surface area contributed by atoms with Gasteiger partial charge in [0.25, 0.3) is 0 Å². The number of rotatable bonds is 5. The zero-order valence-corrected chi connectivity index (χ0v) is 12.4. The number of benzene rings is 1. The minimum atomic E-state index is 0.243. The number of ether oxygens (including phenoxy) is 1. The third-order valence-corrected chi connectivity index (χ3v) is 3.54. The minimum absolute atomic E-state index is 0.243. The maximum atomic E-state index is 5.66. The van der Waals surface area contributed by atoms with E-state index in [1.807, 2.05) is 0 Å². The molecule has 1 N–H and O–H groups in total. The van der Waals surface area contributed by atoms with Crippen molar-refractivity contribution in [2.24, 2.45) is 0 Å². The van der Waals surface area contributed by atoms with Crippen LogP contribution in [-0.4, -0.2) is 43.7 Å². The largest absolute Gasteiger partial charge is 0.491 e. The summed E-state index contributed by atoms with van der Waals surface area (Å²) >= 11 is 0. The van der Waals surface area contributed by atoms with Crippen LogP contribution in [0.2, 0.25) is 0 Å². The average molecular weight is 262 g/mol. The van der Waals surface area contributed by atoms with Gasteiger partial charge in [-0.15, -0.1) is 0 Å². The van der Waals surface area contributed by atoms with Crippen LogP contribution in [-0.2, 0) is 6.42 Å². The Hall–Kier alpha value is -1.06. The summed E-state index contributed by atoms with van der Waals surface area (Å²) in [5, 5.41) is 3.59. The van der Waals surface area contributed by atoms with Crippen molar-refractivity contribution >= 4 is 0 Å². The highest BCUT2D eigenvalue weighted by molar-refractivity contribution is 5.27. The van der Waals surface area contributed by atoms with Gasteiger partial charge in [0.15, 0.2) is 0 Å². The number of aryl methyl sites for hydroxylation is 1. The van der Waals surface area contributed by atoms with Crippen molar-refractivity contribution in [2.75, 3.05) is 26.7 Å². The van der Waals surface area contributed by atoms with Crippen molar-refractivity contribution < 1.29 is 4.74 Å². The van der Waals surface area contributed by atoms with Crippen LogP contribution in [0.4, 0.5) is 0 Å². The third-order valence-electron chi connectivity index (χ3n) is 3.54. The van der Waals surface area contributed by atoms with Crippen LogP contribution in [0.5, 0.6) is 5.75 Å². The normalized spacial score (nSPS) is 20.7. The topological polar surface area (TPSA) is 24.5 Å². The molecule has 106 valence electrons. The molecule has 1 saturated heterocycles. The van der Waals surface area contributed by atoms with Crippen LogP contribution in [0.15, 0.2) is 24.3 Å². The first-order chi connectivity index (χ1) is 9.13. The zero-order chi connectivity index (χ0) is 13.7. The van der Waals surface area contributed by atoms with Crippen molar-refractivity contribution in [1.29, 1.82) is 0 Å². The van der Waals surface area contributed by atoms with E-state index >= 15 is 0 Å². The van der Waals surface area contributed by atoms with Crippen LogP contribution in [0.3, 0.4) is 0 Å². The number of nitrogens with one attached hydrogen (secondary N) is 1. The quantitative estimate of drug-likeness (QED) is 0.881. The van der Waals surface area contributed by atoms with E-state index in [1.165, 1.54) is 12.0 Å². The molecule has 1 heterocycles. The van der Waals surface area contributed by atoms with Crippen LogP contribution in [0, 0.1) is 0 Å². The minimum Gasteiger partial charge on any atom is -0.491 e. The van der Waals surface area contributed by atoms with Gasteiger partial charge in [-0.25, -0.2) is 0 Å². The molecule has 0 saturated carbocycles. The van der Waals surface area contributed by atoms with Crippen LogP contribution in [0.25, 0.3) is 0 Å². The van der Waals surface area contributed by atoms with Crippen molar-refractivity contribution in [1.82, 2.24) is 10.2 Å². The molecule has 3 nitrogen and oxygen atoms in total. The van der Waals surface area contributed by atoms with Gasteiger partial charge in [-0.2, -0.15) is 0 Å². The number of nitrogens with zero attached hydrogens (tertiary/aromatic N) is 1. The molecule has 19 heavy (non-hydrogen) atoms. The van der Waals surface area contributed by atoms with Crippen LogP contribution >= 0.6 is 0 Å². The van der Waals surface area contributed by atoms with Gasteiger partial charge >= 0.3 is 0 Å². The van der Waals surface area contributed by atoms with Crippen LogP contribution < -0.4 is 10.1 Å². The molecule has 0 bridgehead atoms. The molecule has 3 heteroatoms. The Balaban J connectivity index is 1.79. The molecule has 1 aliphatic rings. The molecule has 0 aliphatic carbocycles. The molecule has 0 radical (unpaired) electrons. The number of piperazine rings is 1. The lowest BCUT2D eigenvalue weighted by Crippen LogP contribution is -2.49. The highest BCUT2D eigenvalue weighted by Crippen LogP contribution is 2.15. The maximum absolute atomic E-state index is 5.66. The monoisotopic (exact) mass is 262 g/mol. The van der Waals surface area contributed by atoms with E-state index in [0.29, 0.717) is 6.04 Å². The summed E-state index contributed by atoms with van der Waals surface area (Å²) in [7, 11) is 2.20. The van der Waals surface area contributed by atoms with E-state index in [2.05, 4.69) is 55.4 Å². The van der Waals surface area contributed by atoms with E-state index in [-0.39, 0.29) is 6.10 Å². The number of hydrogen-bond acceptors (Lipinski definition) is 3. The molecule has 0 spiro atoms. The van der Waals surface area contributed by atoms with Gasteiger partial charge in [-0.1, -0.05) is 12.1 Å². The molecule has 1 atom stereocenters. The fourth-order valence-corrected chi connectivity index (χ4v) is 2.53. The smallest absolute Gasteiger partial charge is 0.119 e. The zero-order valence-electron chi connectivity index (χ0n) is 12.4. The second-order valence-corrected chi connectivity index (χ2v) is 5.76. The Labute approximate surface area is 116 Å². The fraction of sp³-hybridized carbons (Fsp3) is 0.625. The lowest BCUT2D eigenvalue weighted by atomic mass is 10.0. The average Bonchev–Trinajstić information content (AvgIpc) is 2.37. The van der Waals surface area contributed by atoms with Gasteiger partial charge in [0.1, 0.15) is 5.75 Å². The molecule has 0 aromatic heterocycles. The highest BCUT2D eigenvalue weighted by Gasteiger charge is 2.15. The SMILES string of the molecule is CC(C)Oc1ccc(CCC2CN(C)CCN2)cc1. The molecular weight excluding hydrogens is 236 g/mol. The first kappa shape index (κ1) is 14.4. The Morgan fingerprint density at radius 3 is 2.68 bits per heavy atom. The molecule has 0 amide bonds. The van der Waals surface area contributed by atoms with Crippen LogP contribution in [0.1, 0.15) is 25.8 Å². The molecule has 1 fully saturated rings. The fourth-order valence-electron chi connectivity index (χ4n) is 2.53. The van der Waals surface area contributed by atoms with E-state index < -0.39 is 0 Å². The summed E-state index contributed by atoms with van der Waals surface area (Å²) in [6.45, 7) is 7.55. The molecule has 1 unspecified atom stereocenters. The van der Waals surface area contributed by atoms with E-state index in [1.54, 1.807) is 0 Å². The van der Waals surface area contributed by atoms with Gasteiger partial charge in [-0.3, -0.25) is 0 Å². The Kier molecular flexibility index (Phi) is 5.23. The summed E-state index contributed by atoms with van der Waals surface area (Å²) in [6.07, 6.45) is 2.58. The molecular formula is C16H26N2O. The second-order valence-electron chi connectivity index (χ2n) is 5.76. The standard InChI is InChI=1S/C16H26N2O/c1-13(2)19-16-8-5-14(6-9-16)4-7-15-12-18(3)11-10-17-15/h5-6,8-9,13,15,17H,4,7,10-12H2,1-3H3. The molecule has 1 aromatic carbocycles. The maximum Gasteiger partial charge on any atom is 0.119 e. The van der Waals surface area contributed by atoms with E-state index in [9.17, 15) is 0 Å². The van der Waals surface area contributed by atoms with Crippen molar-refractivity contribution in [2.45, 2.75) is 38.8 Å². The lowest BCUT2D eigenvalue weighted by molar-refractivity contribution is 0.232. The van der Waals surface area contributed by atoms with Gasteiger partial charge in [0.05, 0.1) is 6.10 Å². The lowest BCUT2D eigenvalue weighted by Gasteiger charge is -2.30. The van der Waals surface area contributed by atoms with E-state index in [0.717, 1.165) is 31.8 Å². The first-order valence-corrected chi connectivity index (χ1v) is 7.31. The third kappa shape index (κ3) is 4.84. The van der Waals surface area contributed by atoms with Gasteiger partial charge in [-0.05, 0) is 51.4 Å². The summed E-state index contributed by atoms with van der Waals surface area (Å²) in [5.41, 5.74) is 1.39. The number of likely N-dealkylation sites (N-methyl/N-ethyl adjacent to an activating group) is 1. The Morgan fingerprint density at radius 2 is 2.05 bits per heavy atom. The summed E-state index contributed by atoms with van der Waals surface area (Å²) in [6, 6.07) is 9.16. The van der Waals surface area contributed by atoms with Crippen molar-refractivity contribution in [3.05, 3.63) is 29.8 Å². The Bertz CT molecular complexity index is 375. The highest BCUT2D eigenvalue weighted by atomic mass is 16.5. The summed E-state index contributed by atoms with van der Waals surface area (Å²) in [5.74, 6) is 0.967. The van der Waals surface area contributed by atoms with Gasteiger partial charge < -0.3 is 15.0 Å². The second kappa shape index (κ2) is 6.92. The predicted molar refractivity (Wildman–Crippen MR) is 79.8 cm³/mol. The van der Waals surface area contributed by atoms with Gasteiger partial charge in [0.2, 0.25) is 0 Å². The first-order valence-electron chi connectivity index (χ1n) is 7.31. The van der Waals surface area contributed by atoms with E-state index in [4.69, 9.17) is 4.74 Å². The Morgan fingerprint density at radius 1 is 1.32 bits per heavy atom. The number of hydrogen-bond donors (Lipinski definition) is 1. The molecule has 1 aliphatic heterocycles. The van der Waals surface area contributed by atoms with Crippen molar-refractivity contribution in [3.8, 4) is 5.75 Å². The van der Waals surface area contributed by atoms with Crippen molar-refractivity contribution in [3.63, 3.8) is 0 Å². The summed E-state index contributed by atoms with van der Waals surface area (Å²) in [4.78, 5) is 2.40. The summed E-state index contributed by atoms with van der Waals surface area (Å²) < 4.78 is 5.66. The van der Waals surface area contributed by atoms with Gasteiger partial charge in [0, 0.05) is 25.7 Å². The predicted octanol–water partition coefficient (Wildman–Crippen LogP) is 2.31. The molecule has 2 rings (SSSR count). The molecule has 1 aromatic rings.